The van der Waals surface area contributed by atoms with Gasteiger partial charge in [0.2, 0.25) is 0 Å². The first-order valence-corrected chi connectivity index (χ1v) is 6.42. The summed E-state index contributed by atoms with van der Waals surface area (Å²) in [6.45, 7) is 0. The minimum Gasteiger partial charge on any atom is -0.506 e. The van der Waals surface area contributed by atoms with Gasteiger partial charge in [0.05, 0.1) is 16.2 Å². The maximum atomic E-state index is 9.83. The Labute approximate surface area is 123 Å². The fraction of sp³-hybridized carbons (Fsp3) is 0. The standard InChI is InChI=1S/C13H8Cl2N4O/c14-8-3-7(13(20)10(15)4-8)6-16-9-1-2-11-12(5-9)18-19-17-11/h1-6,20H,(H,17,18,19)/b16-6+. The molecule has 2 N–H and O–H groups in total. The van der Waals surface area contributed by atoms with Crippen LogP contribution in [-0.2, 0) is 0 Å². The molecule has 0 fully saturated rings. The second-order valence-electron chi connectivity index (χ2n) is 4.10. The van der Waals surface area contributed by atoms with Crippen molar-refractivity contribution in [1.29, 1.82) is 0 Å². The maximum absolute atomic E-state index is 9.83. The molecule has 0 amide bonds. The average Bonchev–Trinajstić information content (AvgIpc) is 2.88. The van der Waals surface area contributed by atoms with Crippen molar-refractivity contribution in [3.8, 4) is 5.75 Å². The van der Waals surface area contributed by atoms with Crippen molar-refractivity contribution < 1.29 is 5.11 Å². The summed E-state index contributed by atoms with van der Waals surface area (Å²) >= 11 is 11.7. The Kier molecular flexibility index (Phi) is 3.30. The number of nitrogens with zero attached hydrogens (tertiary/aromatic N) is 3. The number of phenolic OH excluding ortho intramolecular Hbond substituents is 1. The summed E-state index contributed by atoms with van der Waals surface area (Å²) in [6.07, 6.45) is 1.49. The Hall–Kier alpha value is -2.11. The zero-order chi connectivity index (χ0) is 14.1. The van der Waals surface area contributed by atoms with Crippen molar-refractivity contribution in [1.82, 2.24) is 15.4 Å². The number of H-pyrrole nitrogens is 1. The molecule has 3 rings (SSSR count). The lowest BCUT2D eigenvalue weighted by molar-refractivity contribution is 0.475. The smallest absolute Gasteiger partial charge is 0.143 e. The predicted octanol–water partition coefficient (Wildman–Crippen LogP) is 3.72. The van der Waals surface area contributed by atoms with Crippen LogP contribution in [0.2, 0.25) is 10.0 Å². The van der Waals surface area contributed by atoms with Gasteiger partial charge >= 0.3 is 0 Å². The molecule has 2 aromatic carbocycles. The summed E-state index contributed by atoms with van der Waals surface area (Å²) in [5.74, 6) is -0.0534. The number of halogens is 2. The summed E-state index contributed by atoms with van der Waals surface area (Å²) in [5.41, 5.74) is 2.68. The molecule has 0 aliphatic carbocycles. The molecule has 20 heavy (non-hydrogen) atoms. The van der Waals surface area contributed by atoms with E-state index in [0.717, 1.165) is 5.52 Å². The Morgan fingerprint density at radius 1 is 1.20 bits per heavy atom. The molecule has 0 atom stereocenters. The number of benzene rings is 2. The number of fused-ring (bicyclic) bond motifs is 1. The largest absolute Gasteiger partial charge is 0.506 e. The highest BCUT2D eigenvalue weighted by Crippen LogP contribution is 2.30. The lowest BCUT2D eigenvalue weighted by atomic mass is 10.2. The number of hydrogen-bond acceptors (Lipinski definition) is 4. The molecule has 100 valence electrons. The van der Waals surface area contributed by atoms with Gasteiger partial charge in [-0.1, -0.05) is 28.4 Å². The van der Waals surface area contributed by atoms with E-state index in [9.17, 15) is 5.11 Å². The van der Waals surface area contributed by atoms with Gasteiger partial charge in [-0.25, -0.2) is 0 Å². The van der Waals surface area contributed by atoms with E-state index in [1.165, 1.54) is 12.3 Å². The van der Waals surface area contributed by atoms with Crippen LogP contribution in [0.15, 0.2) is 35.3 Å². The number of aromatic hydroxyl groups is 1. The molecular weight excluding hydrogens is 299 g/mol. The van der Waals surface area contributed by atoms with Crippen molar-refractivity contribution in [3.63, 3.8) is 0 Å². The average molecular weight is 307 g/mol. The molecule has 0 bridgehead atoms. The lowest BCUT2D eigenvalue weighted by Crippen LogP contribution is -1.84. The molecule has 5 nitrogen and oxygen atoms in total. The van der Waals surface area contributed by atoms with E-state index in [-0.39, 0.29) is 10.8 Å². The molecule has 7 heteroatoms. The first-order valence-electron chi connectivity index (χ1n) is 5.66. The van der Waals surface area contributed by atoms with Crippen molar-refractivity contribution in [3.05, 3.63) is 45.9 Å². The summed E-state index contributed by atoms with van der Waals surface area (Å²) < 4.78 is 0. The topological polar surface area (TPSA) is 74.2 Å². The van der Waals surface area contributed by atoms with Gasteiger partial charge in [-0.15, -0.1) is 5.10 Å². The SMILES string of the molecule is Oc1c(Cl)cc(Cl)cc1/C=N/c1ccc2[nH]nnc2c1. The Bertz CT molecular complexity index is 813. The molecule has 0 saturated heterocycles. The first kappa shape index (κ1) is 12.9. The predicted molar refractivity (Wildman–Crippen MR) is 79.3 cm³/mol. The van der Waals surface area contributed by atoms with E-state index in [0.29, 0.717) is 21.8 Å². The van der Waals surface area contributed by atoms with Crippen LogP contribution in [0.4, 0.5) is 5.69 Å². The number of aliphatic imine (C=N–C) groups is 1. The Morgan fingerprint density at radius 2 is 2.05 bits per heavy atom. The molecular formula is C13H8Cl2N4O. The minimum absolute atomic E-state index is 0.0534. The third-order valence-electron chi connectivity index (χ3n) is 2.72. The van der Waals surface area contributed by atoms with Crippen molar-refractivity contribution in [2.24, 2.45) is 4.99 Å². The van der Waals surface area contributed by atoms with Crippen LogP contribution in [0.25, 0.3) is 11.0 Å². The van der Waals surface area contributed by atoms with E-state index >= 15 is 0 Å². The number of rotatable bonds is 2. The van der Waals surface area contributed by atoms with Crippen LogP contribution in [0, 0.1) is 0 Å². The first-order chi connectivity index (χ1) is 9.63. The van der Waals surface area contributed by atoms with Crippen LogP contribution in [0.3, 0.4) is 0 Å². The number of aromatic nitrogens is 3. The number of hydrogen-bond donors (Lipinski definition) is 2. The monoisotopic (exact) mass is 306 g/mol. The van der Waals surface area contributed by atoms with E-state index in [4.69, 9.17) is 23.2 Å². The molecule has 0 radical (unpaired) electrons. The summed E-state index contributed by atoms with van der Waals surface area (Å²) in [7, 11) is 0. The summed E-state index contributed by atoms with van der Waals surface area (Å²) in [6, 6.07) is 8.46. The third-order valence-corrected chi connectivity index (χ3v) is 3.23. The normalized spacial score (nSPS) is 11.5. The van der Waals surface area contributed by atoms with E-state index in [2.05, 4.69) is 20.4 Å². The van der Waals surface area contributed by atoms with Gasteiger partial charge in [-0.2, -0.15) is 0 Å². The van der Waals surface area contributed by atoms with Crippen LogP contribution < -0.4 is 0 Å². The third kappa shape index (κ3) is 2.45. The second-order valence-corrected chi connectivity index (χ2v) is 4.94. The molecule has 0 aliphatic heterocycles. The zero-order valence-electron chi connectivity index (χ0n) is 10.0. The summed E-state index contributed by atoms with van der Waals surface area (Å²) in [5, 5.41) is 20.8. The van der Waals surface area contributed by atoms with Gasteiger partial charge in [-0.05, 0) is 30.3 Å². The van der Waals surface area contributed by atoms with Crippen LogP contribution in [0.5, 0.6) is 5.75 Å². The van der Waals surface area contributed by atoms with Crippen LogP contribution >= 0.6 is 23.2 Å². The van der Waals surface area contributed by atoms with Gasteiger partial charge in [0.1, 0.15) is 11.3 Å². The van der Waals surface area contributed by atoms with E-state index in [1.54, 1.807) is 12.1 Å². The Morgan fingerprint density at radius 3 is 2.90 bits per heavy atom. The van der Waals surface area contributed by atoms with Crippen LogP contribution in [-0.4, -0.2) is 26.7 Å². The fourth-order valence-electron chi connectivity index (χ4n) is 1.74. The van der Waals surface area contributed by atoms with Crippen molar-refractivity contribution in [2.45, 2.75) is 0 Å². The highest BCUT2D eigenvalue weighted by Gasteiger charge is 2.06. The number of aromatic amines is 1. The van der Waals surface area contributed by atoms with Crippen LogP contribution in [0.1, 0.15) is 5.56 Å². The minimum atomic E-state index is -0.0534. The lowest BCUT2D eigenvalue weighted by Gasteiger charge is -2.02. The molecule has 1 aromatic heterocycles. The summed E-state index contributed by atoms with van der Waals surface area (Å²) in [4.78, 5) is 4.27. The molecule has 0 aliphatic rings. The molecule has 0 spiro atoms. The van der Waals surface area contributed by atoms with Gasteiger partial charge in [0.15, 0.2) is 0 Å². The van der Waals surface area contributed by atoms with Crippen molar-refractivity contribution >= 4 is 46.1 Å². The quantitative estimate of drug-likeness (QED) is 0.709. The molecule has 3 aromatic rings. The number of nitrogens with one attached hydrogen (secondary N) is 1. The molecule has 1 heterocycles. The fourth-order valence-corrected chi connectivity index (χ4v) is 2.25. The zero-order valence-corrected chi connectivity index (χ0v) is 11.5. The van der Waals surface area contributed by atoms with Gasteiger partial charge in [0, 0.05) is 16.8 Å². The second kappa shape index (κ2) is 5.11. The molecule has 0 saturated carbocycles. The highest BCUT2D eigenvalue weighted by molar-refractivity contribution is 6.36. The number of phenols is 1. The Balaban J connectivity index is 1.97. The van der Waals surface area contributed by atoms with Crippen molar-refractivity contribution in [2.75, 3.05) is 0 Å². The van der Waals surface area contributed by atoms with E-state index in [1.807, 2.05) is 12.1 Å². The van der Waals surface area contributed by atoms with Gasteiger partial charge in [0.25, 0.3) is 0 Å². The maximum Gasteiger partial charge on any atom is 0.143 e. The molecule has 0 unspecified atom stereocenters. The van der Waals surface area contributed by atoms with Gasteiger partial charge in [-0.3, -0.25) is 10.1 Å². The van der Waals surface area contributed by atoms with E-state index < -0.39 is 0 Å². The highest BCUT2D eigenvalue weighted by atomic mass is 35.5. The van der Waals surface area contributed by atoms with Gasteiger partial charge < -0.3 is 5.11 Å².